The molecule has 3 heterocycles. The lowest BCUT2D eigenvalue weighted by Crippen LogP contribution is -2.21. The van der Waals surface area contributed by atoms with Gasteiger partial charge in [-0.2, -0.15) is 0 Å². The molecule has 1 aliphatic carbocycles. The molecule has 6 rings (SSSR count). The maximum absolute atomic E-state index is 15.1. The van der Waals surface area contributed by atoms with Gasteiger partial charge in [-0.05, 0) is 37.5 Å². The van der Waals surface area contributed by atoms with E-state index in [1.165, 1.54) is 39.5 Å². The Morgan fingerprint density at radius 1 is 1.05 bits per heavy atom. The number of aromatic nitrogens is 3. The molecular formula is C28H22F2N4O4S2. The molecule has 0 spiro atoms. The smallest absolute Gasteiger partial charge is 0.413 e. The Morgan fingerprint density at radius 3 is 2.40 bits per heavy atom. The topological polar surface area (TPSA) is 106 Å². The SMILES string of the molecule is CC(OC(=O)Nc1c(-c2cc3sc(-c4ccc(C5(C(=O)O)CC5)c(F)c4F)cc3s2)nnn1C)c1ccccc1. The summed E-state index contributed by atoms with van der Waals surface area (Å²) in [6.45, 7) is 1.78. The van der Waals surface area contributed by atoms with Crippen molar-refractivity contribution in [3.8, 4) is 21.0 Å². The predicted octanol–water partition coefficient (Wildman–Crippen LogP) is 7.13. The molecule has 2 N–H and O–H groups in total. The van der Waals surface area contributed by atoms with Crippen LogP contribution in [0.5, 0.6) is 0 Å². The van der Waals surface area contributed by atoms with Crippen LogP contribution in [0.2, 0.25) is 0 Å². The number of rotatable bonds is 7. The number of carbonyl (C=O) groups excluding carboxylic acids is 1. The number of hydrogen-bond donors (Lipinski definition) is 2. The van der Waals surface area contributed by atoms with Gasteiger partial charge in [-0.1, -0.05) is 47.7 Å². The van der Waals surface area contributed by atoms with Crippen molar-refractivity contribution in [3.63, 3.8) is 0 Å². The van der Waals surface area contributed by atoms with Crippen LogP contribution in [-0.4, -0.2) is 32.2 Å². The first-order chi connectivity index (χ1) is 19.2. The van der Waals surface area contributed by atoms with Crippen LogP contribution >= 0.6 is 22.7 Å². The van der Waals surface area contributed by atoms with Gasteiger partial charge in [0.25, 0.3) is 0 Å². The predicted molar refractivity (Wildman–Crippen MR) is 149 cm³/mol. The molecule has 0 bridgehead atoms. The Hall–Kier alpha value is -4.16. The van der Waals surface area contributed by atoms with Gasteiger partial charge in [0.15, 0.2) is 17.5 Å². The van der Waals surface area contributed by atoms with Crippen molar-refractivity contribution in [1.29, 1.82) is 0 Å². The number of fused-ring (bicyclic) bond motifs is 1. The summed E-state index contributed by atoms with van der Waals surface area (Å²) >= 11 is 2.65. The Kier molecular flexibility index (Phi) is 6.38. The minimum atomic E-state index is -1.33. The van der Waals surface area contributed by atoms with Gasteiger partial charge in [-0.15, -0.1) is 27.8 Å². The Balaban J connectivity index is 1.24. The first-order valence-corrected chi connectivity index (χ1v) is 14.0. The van der Waals surface area contributed by atoms with E-state index in [-0.39, 0.29) is 11.1 Å². The quantitative estimate of drug-likeness (QED) is 0.212. The first-order valence-electron chi connectivity index (χ1n) is 12.4. The number of anilines is 1. The van der Waals surface area contributed by atoms with E-state index in [0.29, 0.717) is 29.2 Å². The van der Waals surface area contributed by atoms with Crippen molar-refractivity contribution in [1.82, 2.24) is 15.0 Å². The number of aliphatic carboxylic acids is 1. The van der Waals surface area contributed by atoms with Crippen LogP contribution in [0, 0.1) is 11.6 Å². The fourth-order valence-corrected chi connectivity index (χ4v) is 7.06. The largest absolute Gasteiger partial charge is 0.481 e. The lowest BCUT2D eigenvalue weighted by Gasteiger charge is -2.14. The standard InChI is InChI=1S/C28H22F2N4O4S2/c1-14(15-6-4-3-5-7-15)38-27(37)31-25-24(32-33-34(25)2)21-13-20-19(40-21)12-18(39-20)16-8-9-17(23(30)22(16)29)28(10-11-28)26(35)36/h3-9,12-14H,10-11H2,1-2H3,(H,31,37)(H,35,36). The molecule has 2 aromatic carbocycles. The number of ether oxygens (including phenoxy) is 1. The number of carbonyl (C=O) groups is 2. The average molecular weight is 581 g/mol. The molecule has 1 aliphatic rings. The zero-order chi connectivity index (χ0) is 28.2. The number of amides is 1. The second kappa shape index (κ2) is 9.79. The fraction of sp³-hybridized carbons (Fsp3) is 0.214. The highest BCUT2D eigenvalue weighted by Gasteiger charge is 2.53. The molecule has 0 aliphatic heterocycles. The summed E-state index contributed by atoms with van der Waals surface area (Å²) in [4.78, 5) is 25.5. The van der Waals surface area contributed by atoms with Gasteiger partial charge in [0, 0.05) is 32.5 Å². The molecule has 12 heteroatoms. The monoisotopic (exact) mass is 580 g/mol. The highest BCUT2D eigenvalue weighted by molar-refractivity contribution is 7.31. The number of aryl methyl sites for hydroxylation is 1. The van der Waals surface area contributed by atoms with Crippen molar-refractivity contribution in [2.24, 2.45) is 7.05 Å². The summed E-state index contributed by atoms with van der Waals surface area (Å²) in [6.07, 6.45) is -0.535. The van der Waals surface area contributed by atoms with E-state index in [4.69, 9.17) is 4.74 Å². The number of benzene rings is 2. The van der Waals surface area contributed by atoms with E-state index in [1.54, 1.807) is 20.0 Å². The Morgan fingerprint density at radius 2 is 1.73 bits per heavy atom. The van der Waals surface area contributed by atoms with Gasteiger partial charge >= 0.3 is 12.1 Å². The summed E-state index contributed by atoms with van der Waals surface area (Å²) in [5, 5.41) is 20.5. The molecule has 40 heavy (non-hydrogen) atoms. The molecule has 1 saturated carbocycles. The van der Waals surface area contributed by atoms with E-state index in [0.717, 1.165) is 19.8 Å². The maximum atomic E-state index is 15.1. The van der Waals surface area contributed by atoms with E-state index >= 15 is 4.39 Å². The normalized spacial score (nSPS) is 14.7. The van der Waals surface area contributed by atoms with Crippen LogP contribution in [0.4, 0.5) is 19.4 Å². The van der Waals surface area contributed by atoms with Crippen LogP contribution in [0.25, 0.3) is 30.4 Å². The number of nitrogens with zero attached hydrogens (tertiary/aromatic N) is 3. The van der Waals surface area contributed by atoms with Crippen molar-refractivity contribution < 1.29 is 28.2 Å². The lowest BCUT2D eigenvalue weighted by atomic mass is 9.94. The summed E-state index contributed by atoms with van der Waals surface area (Å²) in [7, 11) is 1.65. The minimum absolute atomic E-state index is 0.0783. The number of hydrogen-bond acceptors (Lipinski definition) is 7. The molecular weight excluding hydrogens is 558 g/mol. The molecule has 1 atom stereocenters. The van der Waals surface area contributed by atoms with Crippen LogP contribution in [0.15, 0.2) is 54.6 Å². The van der Waals surface area contributed by atoms with Crippen LogP contribution in [0.1, 0.15) is 37.0 Å². The second-order valence-corrected chi connectivity index (χ2v) is 11.8. The Bertz CT molecular complexity index is 1740. The molecule has 0 radical (unpaired) electrons. The van der Waals surface area contributed by atoms with Crippen molar-refractivity contribution in [2.75, 3.05) is 5.32 Å². The zero-order valence-corrected chi connectivity index (χ0v) is 22.9. The summed E-state index contributed by atoms with van der Waals surface area (Å²) < 4.78 is 38.6. The maximum Gasteiger partial charge on any atom is 0.413 e. The second-order valence-electron chi connectivity index (χ2n) is 9.62. The van der Waals surface area contributed by atoms with Gasteiger partial charge in [-0.25, -0.2) is 18.3 Å². The molecule has 204 valence electrons. The van der Waals surface area contributed by atoms with E-state index in [1.807, 2.05) is 36.4 Å². The molecule has 5 aromatic rings. The molecule has 8 nitrogen and oxygen atoms in total. The molecule has 1 unspecified atom stereocenters. The fourth-order valence-electron chi connectivity index (χ4n) is 4.66. The van der Waals surface area contributed by atoms with Crippen molar-refractivity contribution in [3.05, 3.63) is 77.4 Å². The average Bonchev–Trinajstić information content (AvgIpc) is 3.34. The molecule has 1 fully saturated rings. The number of halogens is 2. The summed E-state index contributed by atoms with van der Waals surface area (Å²) in [6, 6.07) is 15.8. The number of nitrogens with one attached hydrogen (secondary N) is 1. The Labute approximate surface area is 234 Å². The van der Waals surface area contributed by atoms with Gasteiger partial charge in [0.1, 0.15) is 11.8 Å². The minimum Gasteiger partial charge on any atom is -0.481 e. The highest BCUT2D eigenvalue weighted by atomic mass is 32.1. The van der Waals surface area contributed by atoms with Crippen molar-refractivity contribution >= 4 is 50.0 Å². The van der Waals surface area contributed by atoms with Crippen LogP contribution in [-0.2, 0) is 22.0 Å². The lowest BCUT2D eigenvalue weighted by molar-refractivity contribution is -0.140. The number of carboxylic acid groups (broad SMARTS) is 1. The van der Waals surface area contributed by atoms with E-state index in [2.05, 4.69) is 15.6 Å². The summed E-state index contributed by atoms with van der Waals surface area (Å²) in [5.74, 6) is -2.95. The van der Waals surface area contributed by atoms with Crippen LogP contribution in [0.3, 0.4) is 0 Å². The van der Waals surface area contributed by atoms with Crippen LogP contribution < -0.4 is 5.32 Å². The van der Waals surface area contributed by atoms with Gasteiger partial charge in [-0.3, -0.25) is 10.1 Å². The number of carboxylic acids is 1. The third-order valence-electron chi connectivity index (χ3n) is 7.06. The highest BCUT2D eigenvalue weighted by Crippen LogP contribution is 2.51. The van der Waals surface area contributed by atoms with Gasteiger partial charge in [0.05, 0.1) is 10.3 Å². The molecule has 1 amide bonds. The molecule has 0 saturated heterocycles. The zero-order valence-electron chi connectivity index (χ0n) is 21.3. The van der Waals surface area contributed by atoms with Gasteiger partial charge in [0.2, 0.25) is 0 Å². The first kappa shape index (κ1) is 26.1. The number of thiophene rings is 2. The third-order valence-corrected chi connectivity index (χ3v) is 9.40. The third kappa shape index (κ3) is 4.42. The summed E-state index contributed by atoms with van der Waals surface area (Å²) in [5.41, 5.74) is -0.0550. The van der Waals surface area contributed by atoms with Crippen molar-refractivity contribution in [2.45, 2.75) is 31.3 Å². The van der Waals surface area contributed by atoms with E-state index in [9.17, 15) is 19.1 Å². The van der Waals surface area contributed by atoms with Gasteiger partial charge < -0.3 is 9.84 Å². The molecule has 3 aromatic heterocycles. The van der Waals surface area contributed by atoms with E-state index < -0.39 is 35.2 Å².